The van der Waals surface area contributed by atoms with Gasteiger partial charge in [-0.3, -0.25) is 0 Å². The molecule has 4 nitrogen and oxygen atoms in total. The van der Waals surface area contributed by atoms with E-state index >= 15 is 0 Å². The molecular formula is C15H20ClNO3. The molecule has 110 valence electrons. The van der Waals surface area contributed by atoms with Crippen molar-refractivity contribution in [2.45, 2.75) is 31.9 Å². The van der Waals surface area contributed by atoms with Crippen LogP contribution in [-0.4, -0.2) is 30.9 Å². The Labute approximate surface area is 124 Å². The van der Waals surface area contributed by atoms with Gasteiger partial charge in [0.25, 0.3) is 0 Å². The van der Waals surface area contributed by atoms with E-state index in [2.05, 4.69) is 12.2 Å². The molecule has 3 rings (SSSR count). The molecule has 3 atom stereocenters. The summed E-state index contributed by atoms with van der Waals surface area (Å²) >= 11 is 6.22. The van der Waals surface area contributed by atoms with Gasteiger partial charge in [-0.15, -0.1) is 0 Å². The monoisotopic (exact) mass is 297 g/mol. The van der Waals surface area contributed by atoms with Gasteiger partial charge in [0.05, 0.1) is 11.1 Å². The Kier molecular flexibility index (Phi) is 4.06. The molecule has 2 heterocycles. The second-order valence-corrected chi connectivity index (χ2v) is 6.07. The van der Waals surface area contributed by atoms with Crippen molar-refractivity contribution < 1.29 is 14.6 Å². The van der Waals surface area contributed by atoms with Crippen molar-refractivity contribution in [3.63, 3.8) is 0 Å². The van der Waals surface area contributed by atoms with Crippen molar-refractivity contribution in [1.29, 1.82) is 0 Å². The summed E-state index contributed by atoms with van der Waals surface area (Å²) < 4.78 is 11.1. The van der Waals surface area contributed by atoms with Crippen LogP contribution in [0, 0.1) is 5.92 Å². The fourth-order valence-corrected chi connectivity index (χ4v) is 3.20. The van der Waals surface area contributed by atoms with Crippen molar-refractivity contribution >= 4 is 11.6 Å². The number of hydrogen-bond donors (Lipinski definition) is 2. The maximum atomic E-state index is 10.6. The van der Waals surface area contributed by atoms with Crippen molar-refractivity contribution in [3.05, 3.63) is 22.7 Å². The molecule has 2 aliphatic rings. The Morgan fingerprint density at radius 3 is 2.95 bits per heavy atom. The standard InChI is InChI=1S/C15H20ClNO3/c1-9-2-3-17-12(6-9)14(18)10-7-11(16)15-13(8-10)19-4-5-20-15/h7-9,12,14,17-18H,2-6H2,1H3. The maximum Gasteiger partial charge on any atom is 0.179 e. The predicted molar refractivity (Wildman–Crippen MR) is 77.6 cm³/mol. The molecule has 0 aromatic heterocycles. The van der Waals surface area contributed by atoms with Crippen LogP contribution in [-0.2, 0) is 0 Å². The van der Waals surface area contributed by atoms with Gasteiger partial charge >= 0.3 is 0 Å². The van der Waals surface area contributed by atoms with E-state index in [0.717, 1.165) is 24.9 Å². The number of piperidine rings is 1. The lowest BCUT2D eigenvalue weighted by Gasteiger charge is -2.32. The van der Waals surface area contributed by atoms with Crippen LogP contribution in [0.2, 0.25) is 5.02 Å². The molecule has 0 bridgehead atoms. The molecule has 0 spiro atoms. The van der Waals surface area contributed by atoms with Crippen LogP contribution in [0.5, 0.6) is 11.5 Å². The second-order valence-electron chi connectivity index (χ2n) is 5.66. The average Bonchev–Trinajstić information content (AvgIpc) is 2.46. The van der Waals surface area contributed by atoms with Gasteiger partial charge in [-0.05, 0) is 43.0 Å². The number of halogens is 1. The van der Waals surface area contributed by atoms with E-state index < -0.39 is 6.10 Å². The zero-order valence-corrected chi connectivity index (χ0v) is 12.3. The fraction of sp³-hybridized carbons (Fsp3) is 0.600. The topological polar surface area (TPSA) is 50.7 Å². The first kappa shape index (κ1) is 14.0. The lowest BCUT2D eigenvalue weighted by molar-refractivity contribution is 0.100. The summed E-state index contributed by atoms with van der Waals surface area (Å²) in [7, 11) is 0. The lowest BCUT2D eigenvalue weighted by Crippen LogP contribution is -2.41. The van der Waals surface area contributed by atoms with Gasteiger partial charge in [-0.25, -0.2) is 0 Å². The molecule has 0 amide bonds. The molecule has 20 heavy (non-hydrogen) atoms. The van der Waals surface area contributed by atoms with Crippen LogP contribution >= 0.6 is 11.6 Å². The summed E-state index contributed by atoms with van der Waals surface area (Å²) in [4.78, 5) is 0. The van der Waals surface area contributed by atoms with Gasteiger partial charge < -0.3 is 19.9 Å². The zero-order chi connectivity index (χ0) is 14.1. The largest absolute Gasteiger partial charge is 0.486 e. The minimum Gasteiger partial charge on any atom is -0.486 e. The molecule has 2 aliphatic heterocycles. The van der Waals surface area contributed by atoms with Crippen LogP contribution in [0.15, 0.2) is 12.1 Å². The van der Waals surface area contributed by atoms with Crippen molar-refractivity contribution in [2.24, 2.45) is 5.92 Å². The van der Waals surface area contributed by atoms with Gasteiger partial charge in [-0.2, -0.15) is 0 Å². The molecule has 3 unspecified atom stereocenters. The van der Waals surface area contributed by atoms with Gasteiger partial charge in [0.2, 0.25) is 0 Å². The number of ether oxygens (including phenoxy) is 2. The number of rotatable bonds is 2. The Bertz CT molecular complexity index is 494. The van der Waals surface area contributed by atoms with E-state index in [1.165, 1.54) is 0 Å². The number of hydrogen-bond acceptors (Lipinski definition) is 4. The second kappa shape index (κ2) is 5.80. The molecule has 2 N–H and O–H groups in total. The first-order valence-corrected chi connectivity index (χ1v) is 7.53. The zero-order valence-electron chi connectivity index (χ0n) is 11.6. The number of aliphatic hydroxyl groups excluding tert-OH is 1. The summed E-state index contributed by atoms with van der Waals surface area (Å²) in [6, 6.07) is 3.68. The first-order chi connectivity index (χ1) is 9.65. The summed E-state index contributed by atoms with van der Waals surface area (Å²) in [5.41, 5.74) is 0.783. The number of nitrogens with one attached hydrogen (secondary N) is 1. The molecule has 1 fully saturated rings. The van der Waals surface area contributed by atoms with Gasteiger partial charge in [0.1, 0.15) is 13.2 Å². The molecular weight excluding hydrogens is 278 g/mol. The van der Waals surface area contributed by atoms with Crippen LogP contribution in [0.4, 0.5) is 0 Å². The third-order valence-electron chi connectivity index (χ3n) is 4.04. The third-order valence-corrected chi connectivity index (χ3v) is 4.32. The lowest BCUT2D eigenvalue weighted by atomic mass is 9.88. The number of fused-ring (bicyclic) bond motifs is 1. The maximum absolute atomic E-state index is 10.6. The molecule has 1 saturated heterocycles. The highest BCUT2D eigenvalue weighted by Gasteiger charge is 2.28. The highest BCUT2D eigenvalue weighted by atomic mass is 35.5. The minimum atomic E-state index is -0.578. The summed E-state index contributed by atoms with van der Waals surface area (Å²) in [6.07, 6.45) is 1.55. The predicted octanol–water partition coefficient (Wildman–Crippen LogP) is 2.53. The minimum absolute atomic E-state index is 0.0670. The molecule has 0 aliphatic carbocycles. The number of aliphatic hydroxyl groups is 1. The highest BCUT2D eigenvalue weighted by Crippen LogP contribution is 2.40. The van der Waals surface area contributed by atoms with Crippen LogP contribution in [0.3, 0.4) is 0 Å². The summed E-state index contributed by atoms with van der Waals surface area (Å²) in [6.45, 7) is 4.19. The Morgan fingerprint density at radius 2 is 2.15 bits per heavy atom. The van der Waals surface area contributed by atoms with E-state index in [4.69, 9.17) is 21.1 Å². The van der Waals surface area contributed by atoms with Crippen molar-refractivity contribution in [1.82, 2.24) is 5.32 Å². The van der Waals surface area contributed by atoms with Crippen LogP contribution < -0.4 is 14.8 Å². The smallest absolute Gasteiger partial charge is 0.179 e. The molecule has 1 aromatic rings. The van der Waals surface area contributed by atoms with Crippen LogP contribution in [0.1, 0.15) is 31.4 Å². The molecule has 5 heteroatoms. The summed E-state index contributed by atoms with van der Waals surface area (Å²) in [5, 5.41) is 14.5. The van der Waals surface area contributed by atoms with E-state index in [9.17, 15) is 5.11 Å². The van der Waals surface area contributed by atoms with Crippen LogP contribution in [0.25, 0.3) is 0 Å². The van der Waals surface area contributed by atoms with Gasteiger partial charge in [0, 0.05) is 6.04 Å². The van der Waals surface area contributed by atoms with E-state index in [-0.39, 0.29) is 6.04 Å². The van der Waals surface area contributed by atoms with E-state index in [1.54, 1.807) is 6.07 Å². The van der Waals surface area contributed by atoms with Gasteiger partial charge in [-0.1, -0.05) is 18.5 Å². The Balaban J connectivity index is 1.84. The molecule has 1 aromatic carbocycles. The normalized spacial score (nSPS) is 27.1. The van der Waals surface area contributed by atoms with Crippen molar-refractivity contribution in [2.75, 3.05) is 19.8 Å². The first-order valence-electron chi connectivity index (χ1n) is 7.15. The Hall–Kier alpha value is -0.970. The average molecular weight is 298 g/mol. The number of benzene rings is 1. The molecule has 0 radical (unpaired) electrons. The van der Waals surface area contributed by atoms with Gasteiger partial charge in [0.15, 0.2) is 11.5 Å². The van der Waals surface area contributed by atoms with Crippen molar-refractivity contribution in [3.8, 4) is 11.5 Å². The quantitative estimate of drug-likeness (QED) is 0.881. The van der Waals surface area contributed by atoms with E-state index in [1.807, 2.05) is 6.07 Å². The SMILES string of the molecule is CC1CCNC(C(O)c2cc(Cl)c3c(c2)OCCO3)C1. The van der Waals surface area contributed by atoms with E-state index in [0.29, 0.717) is 35.7 Å². The third kappa shape index (κ3) is 2.73. The Morgan fingerprint density at radius 1 is 1.35 bits per heavy atom. The fourth-order valence-electron chi connectivity index (χ4n) is 2.92. The summed E-state index contributed by atoms with van der Waals surface area (Å²) in [5.74, 6) is 1.84. The molecule has 0 saturated carbocycles. The highest BCUT2D eigenvalue weighted by molar-refractivity contribution is 6.32.